The van der Waals surface area contributed by atoms with Crippen LogP contribution in [0.2, 0.25) is 0 Å². The molecule has 0 radical (unpaired) electrons. The van der Waals surface area contributed by atoms with E-state index in [2.05, 4.69) is 16.4 Å². The summed E-state index contributed by atoms with van der Waals surface area (Å²) >= 11 is 0. The molecule has 0 saturated heterocycles. The van der Waals surface area contributed by atoms with Crippen LogP contribution < -0.4 is 11.1 Å². The molecule has 1 heterocycles. The molecular formula is C14H21N3. The second-order valence-corrected chi connectivity index (χ2v) is 5.51. The summed E-state index contributed by atoms with van der Waals surface area (Å²) in [4.78, 5) is 4.19. The third-order valence-corrected chi connectivity index (χ3v) is 4.12. The highest BCUT2D eigenvalue weighted by Crippen LogP contribution is 2.41. The van der Waals surface area contributed by atoms with Crippen LogP contribution in [0.4, 0.5) is 0 Å². The number of nitrogens with zero attached hydrogens (tertiary/aromatic N) is 1. The molecule has 0 spiro atoms. The van der Waals surface area contributed by atoms with Crippen molar-refractivity contribution in [3.05, 3.63) is 30.1 Å². The molecule has 17 heavy (non-hydrogen) atoms. The van der Waals surface area contributed by atoms with E-state index in [4.69, 9.17) is 5.73 Å². The summed E-state index contributed by atoms with van der Waals surface area (Å²) in [6, 6.07) is 6.04. The zero-order valence-corrected chi connectivity index (χ0v) is 10.2. The fourth-order valence-corrected chi connectivity index (χ4v) is 2.93. The van der Waals surface area contributed by atoms with E-state index >= 15 is 0 Å². The molecule has 3 heteroatoms. The molecule has 92 valence electrons. The van der Waals surface area contributed by atoms with Crippen LogP contribution in [0.5, 0.6) is 0 Å². The van der Waals surface area contributed by atoms with Crippen molar-refractivity contribution >= 4 is 0 Å². The number of rotatable bonds is 3. The van der Waals surface area contributed by atoms with E-state index < -0.39 is 0 Å². The lowest BCUT2D eigenvalue weighted by Crippen LogP contribution is -2.38. The Bertz CT molecular complexity index is 357. The minimum atomic E-state index is 0.446. The van der Waals surface area contributed by atoms with E-state index in [0.717, 1.165) is 0 Å². The van der Waals surface area contributed by atoms with E-state index in [0.29, 0.717) is 24.0 Å². The molecule has 2 aliphatic carbocycles. The van der Waals surface area contributed by atoms with Crippen LogP contribution in [-0.4, -0.2) is 23.1 Å². The standard InChI is InChI=1S/C14H21N3/c15-11-3-5-12(6-4-11)17-14-8-13(14)10-2-1-7-16-9-10/h1-2,7,9,11-14,17H,3-6,8,15H2/t11-,12-,13-,14+/m0/s1. The normalized spacial score (nSPS) is 36.8. The van der Waals surface area contributed by atoms with Gasteiger partial charge in [-0.2, -0.15) is 0 Å². The molecule has 0 bridgehead atoms. The predicted molar refractivity (Wildman–Crippen MR) is 68.8 cm³/mol. The van der Waals surface area contributed by atoms with Crippen molar-refractivity contribution in [2.24, 2.45) is 5.73 Å². The average molecular weight is 231 g/mol. The molecule has 2 atom stereocenters. The monoisotopic (exact) mass is 231 g/mol. The summed E-state index contributed by atoms with van der Waals surface area (Å²) < 4.78 is 0. The smallest absolute Gasteiger partial charge is 0.0303 e. The van der Waals surface area contributed by atoms with E-state index in [-0.39, 0.29) is 0 Å². The van der Waals surface area contributed by atoms with Gasteiger partial charge in [0.2, 0.25) is 0 Å². The van der Waals surface area contributed by atoms with E-state index in [1.807, 2.05) is 18.5 Å². The lowest BCUT2D eigenvalue weighted by molar-refractivity contribution is 0.339. The Hall–Kier alpha value is -0.930. The highest BCUT2D eigenvalue weighted by Gasteiger charge is 2.39. The number of hydrogen-bond donors (Lipinski definition) is 2. The Labute approximate surface area is 103 Å². The SMILES string of the molecule is N[C@H]1CC[C@H](N[C@@H]2C[C@H]2c2cccnc2)CC1. The highest BCUT2D eigenvalue weighted by atomic mass is 15.0. The largest absolute Gasteiger partial charge is 0.328 e. The summed E-state index contributed by atoms with van der Waals surface area (Å²) in [6.07, 6.45) is 9.98. The van der Waals surface area contributed by atoms with Gasteiger partial charge in [0.1, 0.15) is 0 Å². The zero-order chi connectivity index (χ0) is 11.7. The van der Waals surface area contributed by atoms with Gasteiger partial charge < -0.3 is 11.1 Å². The van der Waals surface area contributed by atoms with Gasteiger partial charge in [-0.15, -0.1) is 0 Å². The molecule has 2 saturated carbocycles. The number of hydrogen-bond acceptors (Lipinski definition) is 3. The molecule has 0 amide bonds. The Balaban J connectivity index is 1.49. The first-order chi connectivity index (χ1) is 8.33. The molecule has 2 fully saturated rings. The van der Waals surface area contributed by atoms with Gasteiger partial charge in [0, 0.05) is 36.4 Å². The third kappa shape index (κ3) is 2.67. The maximum Gasteiger partial charge on any atom is 0.0303 e. The lowest BCUT2D eigenvalue weighted by Gasteiger charge is -2.27. The van der Waals surface area contributed by atoms with E-state index in [1.165, 1.54) is 37.7 Å². The van der Waals surface area contributed by atoms with Crippen LogP contribution in [0.25, 0.3) is 0 Å². The minimum Gasteiger partial charge on any atom is -0.328 e. The maximum atomic E-state index is 5.93. The van der Waals surface area contributed by atoms with Crippen molar-refractivity contribution < 1.29 is 0 Å². The fraction of sp³-hybridized carbons (Fsp3) is 0.643. The van der Waals surface area contributed by atoms with Crippen LogP contribution in [0.15, 0.2) is 24.5 Å². The summed E-state index contributed by atoms with van der Waals surface area (Å²) in [5, 5.41) is 3.78. The Morgan fingerprint density at radius 3 is 2.76 bits per heavy atom. The van der Waals surface area contributed by atoms with Gasteiger partial charge in [0.25, 0.3) is 0 Å². The molecule has 0 unspecified atom stereocenters. The summed E-state index contributed by atoms with van der Waals surface area (Å²) in [7, 11) is 0. The molecule has 2 aliphatic rings. The summed E-state index contributed by atoms with van der Waals surface area (Å²) in [5.41, 5.74) is 7.31. The van der Waals surface area contributed by atoms with Crippen LogP contribution >= 0.6 is 0 Å². The lowest BCUT2D eigenvalue weighted by atomic mass is 9.92. The fourth-order valence-electron chi connectivity index (χ4n) is 2.93. The van der Waals surface area contributed by atoms with Crippen molar-refractivity contribution in [3.63, 3.8) is 0 Å². The zero-order valence-electron chi connectivity index (χ0n) is 10.2. The number of aromatic nitrogens is 1. The molecule has 3 rings (SSSR count). The topological polar surface area (TPSA) is 50.9 Å². The van der Waals surface area contributed by atoms with Crippen molar-refractivity contribution in [3.8, 4) is 0 Å². The average Bonchev–Trinajstić information content (AvgIpc) is 3.13. The maximum absolute atomic E-state index is 5.93. The van der Waals surface area contributed by atoms with Gasteiger partial charge in [-0.1, -0.05) is 6.07 Å². The number of pyridine rings is 1. The van der Waals surface area contributed by atoms with Crippen LogP contribution in [0, 0.1) is 0 Å². The van der Waals surface area contributed by atoms with Crippen molar-refractivity contribution in [1.82, 2.24) is 10.3 Å². The van der Waals surface area contributed by atoms with Crippen molar-refractivity contribution in [2.75, 3.05) is 0 Å². The highest BCUT2D eigenvalue weighted by molar-refractivity contribution is 5.24. The Morgan fingerprint density at radius 1 is 1.24 bits per heavy atom. The van der Waals surface area contributed by atoms with Gasteiger partial charge in [-0.05, 0) is 43.7 Å². The molecule has 1 aromatic rings. The van der Waals surface area contributed by atoms with Gasteiger partial charge in [0.05, 0.1) is 0 Å². The quantitative estimate of drug-likeness (QED) is 0.834. The van der Waals surface area contributed by atoms with Crippen LogP contribution in [-0.2, 0) is 0 Å². The van der Waals surface area contributed by atoms with Crippen LogP contribution in [0.3, 0.4) is 0 Å². The number of nitrogens with one attached hydrogen (secondary N) is 1. The predicted octanol–water partition coefficient (Wildman–Crippen LogP) is 1.80. The Morgan fingerprint density at radius 2 is 2.06 bits per heavy atom. The van der Waals surface area contributed by atoms with E-state index in [9.17, 15) is 0 Å². The second kappa shape index (κ2) is 4.75. The van der Waals surface area contributed by atoms with Gasteiger partial charge in [-0.25, -0.2) is 0 Å². The van der Waals surface area contributed by atoms with Crippen LogP contribution in [0.1, 0.15) is 43.6 Å². The first kappa shape index (κ1) is 11.2. The second-order valence-electron chi connectivity index (χ2n) is 5.51. The molecule has 0 aromatic carbocycles. The van der Waals surface area contributed by atoms with E-state index in [1.54, 1.807) is 0 Å². The first-order valence-corrected chi connectivity index (χ1v) is 6.74. The van der Waals surface area contributed by atoms with Gasteiger partial charge in [0.15, 0.2) is 0 Å². The third-order valence-electron chi connectivity index (χ3n) is 4.12. The molecule has 3 N–H and O–H groups in total. The van der Waals surface area contributed by atoms with Gasteiger partial charge in [-0.3, -0.25) is 4.98 Å². The molecule has 3 nitrogen and oxygen atoms in total. The van der Waals surface area contributed by atoms with Crippen molar-refractivity contribution in [2.45, 2.75) is 56.1 Å². The Kier molecular flexibility index (Phi) is 3.12. The summed E-state index contributed by atoms with van der Waals surface area (Å²) in [6.45, 7) is 0. The van der Waals surface area contributed by atoms with Gasteiger partial charge >= 0.3 is 0 Å². The molecular weight excluding hydrogens is 210 g/mol. The molecule has 0 aliphatic heterocycles. The minimum absolute atomic E-state index is 0.446. The first-order valence-electron chi connectivity index (χ1n) is 6.74. The number of nitrogens with two attached hydrogens (primary N) is 1. The molecule has 1 aromatic heterocycles. The summed E-state index contributed by atoms with van der Waals surface area (Å²) in [5.74, 6) is 0.694. The van der Waals surface area contributed by atoms with Crippen molar-refractivity contribution in [1.29, 1.82) is 0 Å².